The van der Waals surface area contributed by atoms with E-state index in [1.54, 1.807) is 0 Å². The van der Waals surface area contributed by atoms with Crippen LogP contribution in [-0.2, 0) is 9.53 Å². The minimum atomic E-state index is 0.0981. The summed E-state index contributed by atoms with van der Waals surface area (Å²) in [6.07, 6.45) is 10.4. The van der Waals surface area contributed by atoms with Crippen molar-refractivity contribution in [3.63, 3.8) is 0 Å². The average molecular weight is 280 g/mol. The number of aliphatic imine (C=N–C) groups is 1. The molecule has 0 N–H and O–H groups in total. The molecular weight excluding hydrogens is 252 g/mol. The lowest BCUT2D eigenvalue weighted by molar-refractivity contribution is -0.127. The van der Waals surface area contributed by atoms with Crippen LogP contribution in [0, 0.1) is 0 Å². The number of ether oxygens (including phenoxy) is 1. The summed E-state index contributed by atoms with van der Waals surface area (Å²) >= 11 is 0. The molecule has 1 heterocycles. The molecule has 1 atom stereocenters. The molecule has 1 amide bonds. The van der Waals surface area contributed by atoms with Gasteiger partial charge in [-0.1, -0.05) is 46.0 Å². The fourth-order valence-electron chi connectivity index (χ4n) is 3.13. The summed E-state index contributed by atoms with van der Waals surface area (Å²) in [5.41, 5.74) is 0. The summed E-state index contributed by atoms with van der Waals surface area (Å²) in [7, 11) is 0. The molecular formula is C16H28N2O2. The summed E-state index contributed by atoms with van der Waals surface area (Å²) in [6.45, 7) is 4.54. The highest BCUT2D eigenvalue weighted by Crippen LogP contribution is 2.26. The highest BCUT2D eigenvalue weighted by Gasteiger charge is 2.36. The molecule has 0 spiro atoms. The Morgan fingerprint density at radius 3 is 2.70 bits per heavy atom. The van der Waals surface area contributed by atoms with Gasteiger partial charge in [-0.3, -0.25) is 9.69 Å². The Kier molecular flexibility index (Phi) is 5.86. The van der Waals surface area contributed by atoms with Crippen LogP contribution in [0.15, 0.2) is 4.99 Å². The first-order valence-electron chi connectivity index (χ1n) is 8.28. The normalized spacial score (nSPS) is 24.2. The molecule has 1 aliphatic carbocycles. The van der Waals surface area contributed by atoms with Gasteiger partial charge in [0.05, 0.1) is 6.04 Å². The van der Waals surface area contributed by atoms with Gasteiger partial charge in [-0.15, -0.1) is 0 Å². The molecule has 1 unspecified atom stereocenters. The Morgan fingerprint density at radius 2 is 2.05 bits per heavy atom. The quantitative estimate of drug-likeness (QED) is 0.747. The van der Waals surface area contributed by atoms with Crippen LogP contribution in [0.4, 0.5) is 0 Å². The first-order valence-corrected chi connectivity index (χ1v) is 8.28. The number of carbonyl (C=O) groups is 1. The van der Waals surface area contributed by atoms with Crippen molar-refractivity contribution >= 4 is 11.9 Å². The number of rotatable bonds is 6. The zero-order valence-electron chi connectivity index (χ0n) is 12.9. The van der Waals surface area contributed by atoms with Crippen molar-refractivity contribution < 1.29 is 9.53 Å². The third-order valence-electron chi connectivity index (χ3n) is 4.39. The Bertz CT molecular complexity index is 348. The first-order chi connectivity index (χ1) is 9.76. The van der Waals surface area contributed by atoms with E-state index in [0.717, 1.165) is 25.7 Å². The van der Waals surface area contributed by atoms with Crippen LogP contribution in [0.5, 0.6) is 0 Å². The van der Waals surface area contributed by atoms with E-state index in [1.165, 1.54) is 32.1 Å². The van der Waals surface area contributed by atoms with Gasteiger partial charge in [0.15, 0.2) is 6.61 Å². The van der Waals surface area contributed by atoms with Gasteiger partial charge in [0, 0.05) is 6.04 Å². The SMILES string of the molecule is CCCCC(CC)N=C1OCC(=O)N1C1CCCCC1. The first kappa shape index (κ1) is 15.3. The van der Waals surface area contributed by atoms with E-state index in [-0.39, 0.29) is 12.5 Å². The van der Waals surface area contributed by atoms with Gasteiger partial charge < -0.3 is 4.74 Å². The number of nitrogens with zero attached hydrogens (tertiary/aromatic N) is 2. The standard InChI is InChI=1S/C16H28N2O2/c1-3-5-9-13(4-2)17-16-18(15(19)12-20-16)14-10-7-6-8-11-14/h13-14H,3-12H2,1-2H3. The second kappa shape index (κ2) is 7.65. The summed E-state index contributed by atoms with van der Waals surface area (Å²) in [5.74, 6) is 0.0981. The molecule has 2 fully saturated rings. The Balaban J connectivity index is 2.05. The van der Waals surface area contributed by atoms with Crippen LogP contribution < -0.4 is 0 Å². The molecule has 2 aliphatic rings. The van der Waals surface area contributed by atoms with E-state index in [9.17, 15) is 4.79 Å². The average Bonchev–Trinajstić information content (AvgIpc) is 2.85. The maximum atomic E-state index is 12.1. The van der Waals surface area contributed by atoms with E-state index < -0.39 is 0 Å². The second-order valence-electron chi connectivity index (χ2n) is 5.96. The minimum absolute atomic E-state index is 0.0981. The van der Waals surface area contributed by atoms with Gasteiger partial charge in [-0.2, -0.15) is 0 Å². The van der Waals surface area contributed by atoms with Crippen molar-refractivity contribution in [3.8, 4) is 0 Å². The van der Waals surface area contributed by atoms with Crippen molar-refractivity contribution in [3.05, 3.63) is 0 Å². The molecule has 4 nitrogen and oxygen atoms in total. The van der Waals surface area contributed by atoms with Gasteiger partial charge in [0.1, 0.15) is 0 Å². The van der Waals surface area contributed by atoms with E-state index in [4.69, 9.17) is 9.73 Å². The van der Waals surface area contributed by atoms with Crippen molar-refractivity contribution in [1.29, 1.82) is 0 Å². The number of hydrogen-bond donors (Lipinski definition) is 0. The number of carbonyl (C=O) groups excluding carboxylic acids is 1. The molecule has 0 radical (unpaired) electrons. The van der Waals surface area contributed by atoms with Crippen LogP contribution in [0.2, 0.25) is 0 Å². The summed E-state index contributed by atoms with van der Waals surface area (Å²) in [6, 6.07) is 1.22. The zero-order chi connectivity index (χ0) is 14.4. The predicted octanol–water partition coefficient (Wildman–Crippen LogP) is 3.50. The number of amidine groups is 1. The van der Waals surface area contributed by atoms with E-state index in [2.05, 4.69) is 13.8 Å². The van der Waals surface area contributed by atoms with Crippen LogP contribution >= 0.6 is 0 Å². The highest BCUT2D eigenvalue weighted by molar-refractivity contribution is 6.00. The molecule has 0 aromatic heterocycles. The molecule has 1 aliphatic heterocycles. The van der Waals surface area contributed by atoms with Crippen LogP contribution in [-0.4, -0.2) is 35.5 Å². The molecule has 20 heavy (non-hydrogen) atoms. The van der Waals surface area contributed by atoms with Gasteiger partial charge in [0.25, 0.3) is 11.9 Å². The fourth-order valence-corrected chi connectivity index (χ4v) is 3.13. The molecule has 1 saturated heterocycles. The van der Waals surface area contributed by atoms with E-state index in [1.807, 2.05) is 4.90 Å². The fraction of sp³-hybridized carbons (Fsp3) is 0.875. The molecule has 114 valence electrons. The van der Waals surface area contributed by atoms with Gasteiger partial charge in [-0.05, 0) is 25.7 Å². The van der Waals surface area contributed by atoms with Crippen LogP contribution in [0.3, 0.4) is 0 Å². The zero-order valence-corrected chi connectivity index (χ0v) is 12.9. The van der Waals surface area contributed by atoms with Crippen molar-refractivity contribution in [1.82, 2.24) is 4.90 Å². The second-order valence-corrected chi connectivity index (χ2v) is 5.96. The number of amides is 1. The Hall–Kier alpha value is -1.06. The minimum Gasteiger partial charge on any atom is -0.455 e. The lowest BCUT2D eigenvalue weighted by Crippen LogP contribution is -2.41. The molecule has 2 rings (SSSR count). The largest absolute Gasteiger partial charge is 0.455 e. The molecule has 0 bridgehead atoms. The summed E-state index contributed by atoms with van der Waals surface area (Å²) in [4.78, 5) is 18.7. The number of unbranched alkanes of at least 4 members (excludes halogenated alkanes) is 1. The lowest BCUT2D eigenvalue weighted by atomic mass is 9.94. The topological polar surface area (TPSA) is 41.9 Å². The number of hydrogen-bond acceptors (Lipinski definition) is 3. The summed E-state index contributed by atoms with van der Waals surface area (Å²) in [5, 5.41) is 0. The maximum absolute atomic E-state index is 12.1. The van der Waals surface area contributed by atoms with E-state index >= 15 is 0 Å². The van der Waals surface area contributed by atoms with Crippen molar-refractivity contribution in [2.24, 2.45) is 4.99 Å². The highest BCUT2D eigenvalue weighted by atomic mass is 16.5. The summed E-state index contributed by atoms with van der Waals surface area (Å²) < 4.78 is 5.57. The Morgan fingerprint density at radius 1 is 1.30 bits per heavy atom. The molecule has 1 saturated carbocycles. The molecule has 0 aromatic carbocycles. The third kappa shape index (κ3) is 3.74. The predicted molar refractivity (Wildman–Crippen MR) is 80.7 cm³/mol. The third-order valence-corrected chi connectivity index (χ3v) is 4.39. The van der Waals surface area contributed by atoms with Crippen molar-refractivity contribution in [2.45, 2.75) is 83.7 Å². The lowest BCUT2D eigenvalue weighted by Gasteiger charge is -2.29. The maximum Gasteiger partial charge on any atom is 0.295 e. The molecule has 4 heteroatoms. The van der Waals surface area contributed by atoms with Crippen LogP contribution in [0.25, 0.3) is 0 Å². The van der Waals surface area contributed by atoms with Gasteiger partial charge >= 0.3 is 0 Å². The van der Waals surface area contributed by atoms with Gasteiger partial charge in [-0.25, -0.2) is 4.99 Å². The Labute approximate surface area is 122 Å². The van der Waals surface area contributed by atoms with Gasteiger partial charge in [0.2, 0.25) is 0 Å². The molecule has 0 aromatic rings. The van der Waals surface area contributed by atoms with Crippen LogP contribution in [0.1, 0.15) is 71.6 Å². The smallest absolute Gasteiger partial charge is 0.295 e. The van der Waals surface area contributed by atoms with Crippen molar-refractivity contribution in [2.75, 3.05) is 6.61 Å². The van der Waals surface area contributed by atoms with E-state index in [0.29, 0.717) is 18.1 Å². The monoisotopic (exact) mass is 280 g/mol.